The highest BCUT2D eigenvalue weighted by molar-refractivity contribution is 6.38. The van der Waals surface area contributed by atoms with Gasteiger partial charge in [-0.2, -0.15) is 0 Å². The van der Waals surface area contributed by atoms with Gasteiger partial charge in [-0.3, -0.25) is 0 Å². The van der Waals surface area contributed by atoms with E-state index in [0.717, 1.165) is 0 Å². The van der Waals surface area contributed by atoms with Crippen molar-refractivity contribution >= 4 is 34.2 Å². The number of rotatable bonds is 2. The van der Waals surface area contributed by atoms with Crippen LogP contribution in [0.5, 0.6) is 11.5 Å². The van der Waals surface area contributed by atoms with Gasteiger partial charge >= 0.3 is 5.63 Å². The summed E-state index contributed by atoms with van der Waals surface area (Å²) in [7, 11) is 1.54. The maximum atomic E-state index is 12.2. The normalized spacial score (nSPS) is 10.9. The van der Waals surface area contributed by atoms with Gasteiger partial charge in [0, 0.05) is 5.02 Å². The van der Waals surface area contributed by atoms with Gasteiger partial charge in [0.2, 0.25) is 0 Å². The van der Waals surface area contributed by atoms with Crippen LogP contribution >= 0.6 is 23.2 Å². The molecule has 1 N–H and O–H groups in total. The predicted molar refractivity (Wildman–Crippen MR) is 86.2 cm³/mol. The molecule has 3 rings (SSSR count). The largest absolute Gasteiger partial charge is 0.506 e. The SMILES string of the molecule is COc1ccc(-c2c(O)c3cc(Cl)cc(Cl)c3oc2=O)cc1. The van der Waals surface area contributed by atoms with Crippen LogP contribution in [-0.4, -0.2) is 12.2 Å². The van der Waals surface area contributed by atoms with Gasteiger partial charge in [0.15, 0.2) is 5.58 Å². The molecular weight excluding hydrogens is 327 g/mol. The lowest BCUT2D eigenvalue weighted by atomic mass is 10.0. The minimum atomic E-state index is -0.681. The zero-order chi connectivity index (χ0) is 15.9. The van der Waals surface area contributed by atoms with Gasteiger partial charge in [0.05, 0.1) is 17.5 Å². The summed E-state index contributed by atoms with van der Waals surface area (Å²) >= 11 is 11.9. The summed E-state index contributed by atoms with van der Waals surface area (Å²) in [5.41, 5.74) is -0.0243. The summed E-state index contributed by atoms with van der Waals surface area (Å²) in [6, 6.07) is 9.62. The Morgan fingerprint density at radius 2 is 1.82 bits per heavy atom. The second kappa shape index (κ2) is 5.55. The molecule has 4 nitrogen and oxygen atoms in total. The maximum Gasteiger partial charge on any atom is 0.348 e. The zero-order valence-electron chi connectivity index (χ0n) is 11.4. The molecule has 6 heteroatoms. The Morgan fingerprint density at radius 3 is 2.45 bits per heavy atom. The van der Waals surface area contributed by atoms with Crippen molar-refractivity contribution in [1.29, 1.82) is 0 Å². The molecule has 0 saturated carbocycles. The molecule has 0 spiro atoms. The van der Waals surface area contributed by atoms with Crippen molar-refractivity contribution in [3.63, 3.8) is 0 Å². The fraction of sp³-hybridized carbons (Fsp3) is 0.0625. The van der Waals surface area contributed by atoms with Crippen molar-refractivity contribution in [2.45, 2.75) is 0 Å². The topological polar surface area (TPSA) is 59.7 Å². The molecule has 1 heterocycles. The molecule has 0 aliphatic heterocycles. The van der Waals surface area contributed by atoms with E-state index in [1.807, 2.05) is 0 Å². The van der Waals surface area contributed by atoms with Crippen LogP contribution in [0.15, 0.2) is 45.6 Å². The fourth-order valence-electron chi connectivity index (χ4n) is 2.23. The van der Waals surface area contributed by atoms with Crippen LogP contribution in [0.3, 0.4) is 0 Å². The molecule has 1 aromatic heterocycles. The maximum absolute atomic E-state index is 12.2. The van der Waals surface area contributed by atoms with Crippen molar-refractivity contribution < 1.29 is 14.3 Å². The van der Waals surface area contributed by atoms with Gasteiger partial charge in [-0.05, 0) is 29.8 Å². The van der Waals surface area contributed by atoms with Crippen LogP contribution in [0.1, 0.15) is 0 Å². The molecule has 3 aromatic rings. The second-order valence-electron chi connectivity index (χ2n) is 4.61. The summed E-state index contributed by atoms with van der Waals surface area (Å²) in [5, 5.41) is 11.2. The van der Waals surface area contributed by atoms with Crippen molar-refractivity contribution in [3.8, 4) is 22.6 Å². The average molecular weight is 337 g/mol. The number of hydrogen-bond acceptors (Lipinski definition) is 4. The minimum Gasteiger partial charge on any atom is -0.506 e. The van der Waals surface area contributed by atoms with Gasteiger partial charge in [0.25, 0.3) is 0 Å². The summed E-state index contributed by atoms with van der Waals surface area (Å²) in [6.45, 7) is 0. The monoisotopic (exact) mass is 336 g/mol. The van der Waals surface area contributed by atoms with Crippen LogP contribution in [0.4, 0.5) is 0 Å². The summed E-state index contributed by atoms with van der Waals surface area (Å²) < 4.78 is 10.3. The Bertz CT molecular complexity index is 914. The number of halogens is 2. The van der Waals surface area contributed by atoms with Crippen LogP contribution in [0.25, 0.3) is 22.1 Å². The molecule has 2 aromatic carbocycles. The van der Waals surface area contributed by atoms with E-state index in [1.54, 1.807) is 31.4 Å². The summed E-state index contributed by atoms with van der Waals surface area (Å²) in [5.74, 6) is 0.417. The molecule has 0 atom stereocenters. The van der Waals surface area contributed by atoms with Gasteiger partial charge in [-0.25, -0.2) is 4.79 Å². The third-order valence-corrected chi connectivity index (χ3v) is 3.78. The van der Waals surface area contributed by atoms with Gasteiger partial charge in [-0.15, -0.1) is 0 Å². The third kappa shape index (κ3) is 2.40. The van der Waals surface area contributed by atoms with E-state index in [2.05, 4.69) is 0 Å². The standard InChI is InChI=1S/C16H10Cl2O4/c1-21-10-4-2-8(3-5-10)13-14(19)11-6-9(17)7-12(18)15(11)22-16(13)20/h2-7,19H,1H3. The molecule has 0 aliphatic rings. The molecule has 0 unspecified atom stereocenters. The molecule has 0 fully saturated rings. The lowest BCUT2D eigenvalue weighted by Gasteiger charge is -2.08. The van der Waals surface area contributed by atoms with E-state index in [-0.39, 0.29) is 27.3 Å². The minimum absolute atomic E-state index is 0.0495. The average Bonchev–Trinajstić information content (AvgIpc) is 2.49. The summed E-state index contributed by atoms with van der Waals surface area (Å²) in [6.07, 6.45) is 0. The number of methoxy groups -OCH3 is 1. The number of aromatic hydroxyl groups is 1. The number of benzene rings is 2. The third-order valence-electron chi connectivity index (χ3n) is 3.28. The first-order chi connectivity index (χ1) is 10.5. The lowest BCUT2D eigenvalue weighted by molar-refractivity contribution is 0.415. The van der Waals surface area contributed by atoms with Crippen molar-refractivity contribution in [3.05, 3.63) is 56.9 Å². The molecule has 22 heavy (non-hydrogen) atoms. The van der Waals surface area contributed by atoms with Crippen LogP contribution in [0, 0.1) is 0 Å². The van der Waals surface area contributed by atoms with E-state index in [9.17, 15) is 9.90 Å². The van der Waals surface area contributed by atoms with Crippen LogP contribution in [0.2, 0.25) is 10.0 Å². The Kier molecular flexibility index (Phi) is 3.72. The predicted octanol–water partition coefficient (Wildman–Crippen LogP) is 4.48. The molecule has 112 valence electrons. The molecule has 0 radical (unpaired) electrons. The van der Waals surface area contributed by atoms with Gasteiger partial charge < -0.3 is 14.3 Å². The van der Waals surface area contributed by atoms with Gasteiger partial charge in [-0.1, -0.05) is 35.3 Å². The van der Waals surface area contributed by atoms with E-state index in [0.29, 0.717) is 16.3 Å². The first kappa shape index (κ1) is 14.8. The Hall–Kier alpha value is -2.17. The highest BCUT2D eigenvalue weighted by Crippen LogP contribution is 2.37. The van der Waals surface area contributed by atoms with Crippen molar-refractivity contribution in [2.24, 2.45) is 0 Å². The van der Waals surface area contributed by atoms with Crippen molar-refractivity contribution in [1.82, 2.24) is 0 Å². The number of ether oxygens (including phenoxy) is 1. The molecule has 0 saturated heterocycles. The fourth-order valence-corrected chi connectivity index (χ4v) is 2.76. The van der Waals surface area contributed by atoms with E-state index in [4.69, 9.17) is 32.4 Å². The number of fused-ring (bicyclic) bond motifs is 1. The Labute approximate surface area is 135 Å². The van der Waals surface area contributed by atoms with Crippen molar-refractivity contribution in [2.75, 3.05) is 7.11 Å². The highest BCUT2D eigenvalue weighted by atomic mass is 35.5. The number of hydrogen-bond donors (Lipinski definition) is 1. The Morgan fingerprint density at radius 1 is 1.14 bits per heavy atom. The molecule has 0 bridgehead atoms. The van der Waals surface area contributed by atoms with Gasteiger partial charge in [0.1, 0.15) is 17.1 Å². The molecule has 0 amide bonds. The zero-order valence-corrected chi connectivity index (χ0v) is 12.9. The lowest BCUT2D eigenvalue weighted by Crippen LogP contribution is -2.03. The quantitative estimate of drug-likeness (QED) is 0.701. The van der Waals surface area contributed by atoms with E-state index >= 15 is 0 Å². The van der Waals surface area contributed by atoms with E-state index in [1.165, 1.54) is 12.1 Å². The van der Waals surface area contributed by atoms with Crippen LogP contribution in [-0.2, 0) is 0 Å². The smallest absolute Gasteiger partial charge is 0.348 e. The van der Waals surface area contributed by atoms with Crippen LogP contribution < -0.4 is 10.4 Å². The van der Waals surface area contributed by atoms with E-state index < -0.39 is 5.63 Å². The highest BCUT2D eigenvalue weighted by Gasteiger charge is 2.18. The molecule has 0 aliphatic carbocycles. The summed E-state index contributed by atoms with van der Waals surface area (Å²) in [4.78, 5) is 12.2. The molecular formula is C16H10Cl2O4. The Balaban J connectivity index is 2.32. The first-order valence-electron chi connectivity index (χ1n) is 6.30. The first-order valence-corrected chi connectivity index (χ1v) is 7.06. The second-order valence-corrected chi connectivity index (χ2v) is 5.45.